The average Bonchev–Trinajstić information content (AvgIpc) is 2.96. The molecule has 0 bridgehead atoms. The Bertz CT molecular complexity index is 1490. The summed E-state index contributed by atoms with van der Waals surface area (Å²) in [5.74, 6) is -2.66. The second-order valence-corrected chi connectivity index (χ2v) is 11.6. The van der Waals surface area contributed by atoms with Crippen molar-refractivity contribution in [2.24, 2.45) is 0 Å². The molecule has 0 spiro atoms. The summed E-state index contributed by atoms with van der Waals surface area (Å²) in [4.78, 5) is 26.9. The molecular formula is C30H33F2N3O5S. The first-order chi connectivity index (χ1) is 19.7. The van der Waals surface area contributed by atoms with Crippen LogP contribution in [0.2, 0.25) is 0 Å². The van der Waals surface area contributed by atoms with Gasteiger partial charge in [-0.05, 0) is 66.9 Å². The smallest absolute Gasteiger partial charge is 0.341 e. The van der Waals surface area contributed by atoms with E-state index in [1.54, 1.807) is 12.1 Å². The summed E-state index contributed by atoms with van der Waals surface area (Å²) in [6.45, 7) is 2.89. The van der Waals surface area contributed by atoms with Crippen molar-refractivity contribution in [1.82, 2.24) is 14.9 Å². The third-order valence-corrected chi connectivity index (χ3v) is 8.49. The third kappa shape index (κ3) is 7.96. The van der Waals surface area contributed by atoms with E-state index in [0.29, 0.717) is 18.7 Å². The molecule has 2 N–H and O–H groups in total. The number of hydrogen-bond donors (Lipinski definition) is 2. The van der Waals surface area contributed by atoms with Gasteiger partial charge in [0.15, 0.2) is 0 Å². The van der Waals surface area contributed by atoms with Gasteiger partial charge in [0.05, 0.1) is 18.4 Å². The maximum Gasteiger partial charge on any atom is 0.341 e. The minimum absolute atomic E-state index is 0.0196. The van der Waals surface area contributed by atoms with Crippen LogP contribution in [0.3, 0.4) is 0 Å². The van der Waals surface area contributed by atoms with Crippen molar-refractivity contribution < 1.29 is 31.5 Å². The minimum Gasteiger partial charge on any atom is -0.465 e. The highest BCUT2D eigenvalue weighted by molar-refractivity contribution is 7.89. The molecule has 218 valence electrons. The molecule has 0 unspecified atom stereocenters. The number of likely N-dealkylation sites (tertiary alicyclic amines) is 1. The third-order valence-electron chi connectivity index (χ3n) is 7.01. The van der Waals surface area contributed by atoms with Crippen LogP contribution in [0.1, 0.15) is 40.7 Å². The van der Waals surface area contributed by atoms with Gasteiger partial charge in [-0.15, -0.1) is 0 Å². The van der Waals surface area contributed by atoms with Gasteiger partial charge in [-0.25, -0.2) is 26.7 Å². The first kappa shape index (κ1) is 30.3. The van der Waals surface area contributed by atoms with Crippen LogP contribution < -0.4 is 10.0 Å². The minimum atomic E-state index is -3.66. The Kier molecular flexibility index (Phi) is 10.2. The molecular weight excluding hydrogens is 552 g/mol. The van der Waals surface area contributed by atoms with Crippen molar-refractivity contribution in [3.05, 3.63) is 89.0 Å². The van der Waals surface area contributed by atoms with E-state index < -0.39 is 27.6 Å². The summed E-state index contributed by atoms with van der Waals surface area (Å²) >= 11 is 0. The molecule has 1 heterocycles. The highest BCUT2D eigenvalue weighted by atomic mass is 32.2. The lowest BCUT2D eigenvalue weighted by atomic mass is 9.98. The van der Waals surface area contributed by atoms with E-state index in [-0.39, 0.29) is 46.0 Å². The topological polar surface area (TPSA) is 105 Å². The summed E-state index contributed by atoms with van der Waals surface area (Å²) < 4.78 is 61.6. The Balaban J connectivity index is 1.31. The summed E-state index contributed by atoms with van der Waals surface area (Å²) in [5, 5.41) is 2.65. The van der Waals surface area contributed by atoms with Crippen molar-refractivity contribution >= 4 is 21.9 Å². The Morgan fingerprint density at radius 2 is 1.68 bits per heavy atom. The first-order valence-electron chi connectivity index (χ1n) is 13.4. The molecule has 1 fully saturated rings. The van der Waals surface area contributed by atoms with Crippen LogP contribution in [0.25, 0.3) is 11.1 Å². The number of esters is 1. The van der Waals surface area contributed by atoms with Crippen LogP contribution in [-0.4, -0.2) is 58.5 Å². The van der Waals surface area contributed by atoms with Crippen molar-refractivity contribution in [2.45, 2.75) is 37.1 Å². The first-order valence-corrected chi connectivity index (χ1v) is 14.9. The number of benzene rings is 3. The van der Waals surface area contributed by atoms with Crippen LogP contribution in [0.4, 0.5) is 8.78 Å². The number of ether oxygens (including phenoxy) is 1. The van der Waals surface area contributed by atoms with E-state index in [1.807, 2.05) is 0 Å². The number of carbonyl (C=O) groups excluding carboxylic acids is 2. The van der Waals surface area contributed by atoms with E-state index in [0.717, 1.165) is 39.1 Å². The van der Waals surface area contributed by atoms with Gasteiger partial charge >= 0.3 is 5.97 Å². The zero-order valence-electron chi connectivity index (χ0n) is 22.8. The van der Waals surface area contributed by atoms with Gasteiger partial charge in [-0.3, -0.25) is 4.79 Å². The fourth-order valence-electron chi connectivity index (χ4n) is 4.77. The molecule has 1 aliphatic rings. The molecule has 3 aromatic rings. The second-order valence-electron chi connectivity index (χ2n) is 9.86. The van der Waals surface area contributed by atoms with Crippen LogP contribution in [-0.2, 0) is 32.5 Å². The molecule has 41 heavy (non-hydrogen) atoms. The Morgan fingerprint density at radius 3 is 2.37 bits per heavy atom. The maximum atomic E-state index is 14.9. The van der Waals surface area contributed by atoms with Gasteiger partial charge in [0.2, 0.25) is 15.9 Å². The number of piperidine rings is 1. The van der Waals surface area contributed by atoms with Crippen molar-refractivity contribution in [2.75, 3.05) is 33.3 Å². The highest BCUT2D eigenvalue weighted by Gasteiger charge is 2.20. The number of amides is 1. The number of hydrogen-bond acceptors (Lipinski definition) is 6. The Hall–Kier alpha value is -3.67. The monoisotopic (exact) mass is 585 g/mol. The largest absolute Gasteiger partial charge is 0.465 e. The van der Waals surface area contributed by atoms with E-state index in [4.69, 9.17) is 0 Å². The normalized spacial score (nSPS) is 14.0. The van der Waals surface area contributed by atoms with Gasteiger partial charge < -0.3 is 15.0 Å². The molecule has 0 aliphatic carbocycles. The van der Waals surface area contributed by atoms with Gasteiger partial charge in [-0.2, -0.15) is 0 Å². The standard InChI is InChI=1S/C30H33F2N3O5S/c1-40-30(37)29-25(6-5-7-26(29)31)22-10-11-23(27(32)19-22)20-33-28(36)18-21-8-12-24(13-9-21)41(38,39)34-14-17-35-15-3-2-4-16-35/h5-13,19,34H,2-4,14-18,20H2,1H3,(H,33,36). The molecule has 4 rings (SSSR count). The molecule has 8 nitrogen and oxygen atoms in total. The number of nitrogens with zero attached hydrogens (tertiary/aromatic N) is 1. The van der Waals surface area contributed by atoms with E-state index in [1.165, 1.54) is 48.9 Å². The fourth-order valence-corrected chi connectivity index (χ4v) is 5.79. The van der Waals surface area contributed by atoms with Gasteiger partial charge in [0.25, 0.3) is 0 Å². The summed E-state index contributed by atoms with van der Waals surface area (Å²) in [6.07, 6.45) is 3.47. The van der Waals surface area contributed by atoms with Crippen LogP contribution >= 0.6 is 0 Å². The van der Waals surface area contributed by atoms with Gasteiger partial charge in [0.1, 0.15) is 17.2 Å². The van der Waals surface area contributed by atoms with Gasteiger partial charge in [-0.1, -0.05) is 42.8 Å². The molecule has 1 aliphatic heterocycles. The highest BCUT2D eigenvalue weighted by Crippen LogP contribution is 2.28. The number of halogens is 2. The lowest BCUT2D eigenvalue weighted by molar-refractivity contribution is -0.120. The predicted octanol–water partition coefficient (Wildman–Crippen LogP) is 4.04. The summed E-state index contributed by atoms with van der Waals surface area (Å²) in [5.41, 5.74) is 0.993. The molecule has 1 saturated heterocycles. The molecule has 0 aromatic heterocycles. The number of carbonyl (C=O) groups is 2. The molecule has 3 aromatic carbocycles. The van der Waals surface area contributed by atoms with E-state index >= 15 is 0 Å². The van der Waals surface area contributed by atoms with Crippen LogP contribution in [0.5, 0.6) is 0 Å². The molecule has 0 saturated carbocycles. The van der Waals surface area contributed by atoms with E-state index in [2.05, 4.69) is 19.7 Å². The van der Waals surface area contributed by atoms with Gasteiger partial charge in [0, 0.05) is 25.2 Å². The lowest BCUT2D eigenvalue weighted by Crippen LogP contribution is -2.37. The average molecular weight is 586 g/mol. The van der Waals surface area contributed by atoms with Crippen molar-refractivity contribution in [1.29, 1.82) is 0 Å². The Labute approximate surface area is 238 Å². The quantitative estimate of drug-likeness (QED) is 0.329. The van der Waals surface area contributed by atoms with Crippen molar-refractivity contribution in [3.63, 3.8) is 0 Å². The molecule has 1 amide bonds. The number of rotatable bonds is 11. The number of sulfonamides is 1. The summed E-state index contributed by atoms with van der Waals surface area (Å²) in [7, 11) is -2.52. The SMILES string of the molecule is COC(=O)c1c(F)cccc1-c1ccc(CNC(=O)Cc2ccc(S(=O)(=O)NCCN3CCCCC3)cc2)c(F)c1. The molecule has 11 heteroatoms. The lowest BCUT2D eigenvalue weighted by Gasteiger charge is -2.26. The fraction of sp³-hybridized carbons (Fsp3) is 0.333. The zero-order chi connectivity index (χ0) is 29.4. The number of nitrogens with one attached hydrogen (secondary N) is 2. The number of methoxy groups -OCH3 is 1. The predicted molar refractivity (Wildman–Crippen MR) is 151 cm³/mol. The van der Waals surface area contributed by atoms with Crippen LogP contribution in [0.15, 0.2) is 65.6 Å². The second kappa shape index (κ2) is 13.8. The van der Waals surface area contributed by atoms with E-state index in [9.17, 15) is 26.8 Å². The zero-order valence-corrected chi connectivity index (χ0v) is 23.6. The Morgan fingerprint density at radius 1 is 0.951 bits per heavy atom. The summed E-state index contributed by atoms with van der Waals surface area (Å²) in [6, 6.07) is 14.3. The van der Waals surface area contributed by atoms with Crippen molar-refractivity contribution in [3.8, 4) is 11.1 Å². The van der Waals surface area contributed by atoms with Crippen LogP contribution in [0, 0.1) is 11.6 Å². The molecule has 0 atom stereocenters. The maximum absolute atomic E-state index is 14.9. The molecule has 0 radical (unpaired) electrons.